The number of rotatable bonds is 18. The Morgan fingerprint density at radius 2 is 1.48 bits per heavy atom. The first-order valence-corrected chi connectivity index (χ1v) is 21.8. The molecule has 4 aromatic rings. The fraction of sp³-hybridized carbons (Fsp3) is 0.412. The van der Waals surface area contributed by atoms with Gasteiger partial charge in [-0.25, -0.2) is 9.59 Å². The maximum absolute atomic E-state index is 13.5. The lowest BCUT2D eigenvalue weighted by Crippen LogP contribution is -2.40. The van der Waals surface area contributed by atoms with Gasteiger partial charge in [0.25, 0.3) is 0 Å². The van der Waals surface area contributed by atoms with E-state index >= 15 is 0 Å². The van der Waals surface area contributed by atoms with Gasteiger partial charge >= 0.3 is 11.9 Å². The second-order valence-corrected chi connectivity index (χ2v) is 18.9. The quantitative estimate of drug-likeness (QED) is 0.0552. The molecule has 0 spiro atoms. The first-order valence-electron chi connectivity index (χ1n) is 21.0. The number of thioether (sulfide) groups is 1. The second-order valence-electron chi connectivity index (χ2n) is 17.7. The average molecular weight is 833 g/mol. The third kappa shape index (κ3) is 13.9. The second kappa shape index (κ2) is 19.7. The van der Waals surface area contributed by atoms with E-state index < -0.39 is 17.5 Å². The molecule has 0 N–H and O–H groups in total. The van der Waals surface area contributed by atoms with Crippen LogP contribution in [0.5, 0.6) is 17.2 Å². The van der Waals surface area contributed by atoms with Crippen LogP contribution in [0.4, 0.5) is 0 Å². The zero-order chi connectivity index (χ0) is 42.9. The fourth-order valence-corrected chi connectivity index (χ4v) is 8.45. The summed E-state index contributed by atoms with van der Waals surface area (Å²) >= 11 is 1.83. The van der Waals surface area contributed by atoms with Crippen LogP contribution < -0.4 is 14.2 Å². The Balaban J connectivity index is 1.12. The van der Waals surface area contributed by atoms with Gasteiger partial charge in [0.15, 0.2) is 0 Å². The van der Waals surface area contributed by atoms with Crippen molar-refractivity contribution < 1.29 is 38.0 Å². The zero-order valence-electron chi connectivity index (χ0n) is 36.4. The molecule has 0 amide bonds. The summed E-state index contributed by atoms with van der Waals surface area (Å²) in [6, 6.07) is 28.4. The van der Waals surface area contributed by atoms with E-state index in [2.05, 4.69) is 57.2 Å². The summed E-state index contributed by atoms with van der Waals surface area (Å²) in [5, 5.41) is 0. The predicted octanol–water partition coefficient (Wildman–Crippen LogP) is 12.0. The number of hydrogen-bond acceptors (Lipinski definition) is 9. The number of carbonyl (C=O) groups excluding carboxylic acids is 2. The van der Waals surface area contributed by atoms with Gasteiger partial charge < -0.3 is 28.4 Å². The van der Waals surface area contributed by atoms with E-state index in [-0.39, 0.29) is 23.9 Å². The van der Waals surface area contributed by atoms with Crippen LogP contribution in [-0.2, 0) is 27.1 Å². The number of aryl methyl sites for hydroxylation is 1. The Kier molecular flexibility index (Phi) is 14.7. The fourth-order valence-electron chi connectivity index (χ4n) is 7.26. The van der Waals surface area contributed by atoms with Crippen LogP contribution >= 0.6 is 11.8 Å². The third-order valence-corrected chi connectivity index (χ3v) is 11.2. The van der Waals surface area contributed by atoms with Gasteiger partial charge in [0.2, 0.25) is 0 Å². The third-order valence-electron chi connectivity index (χ3n) is 10.0. The number of benzene rings is 4. The molecule has 2 aliphatic rings. The van der Waals surface area contributed by atoms with Crippen LogP contribution in [0.25, 0.3) is 6.08 Å². The van der Waals surface area contributed by atoms with Gasteiger partial charge in [-0.15, -0.1) is 0 Å². The first-order chi connectivity index (χ1) is 28.5. The highest BCUT2D eigenvalue weighted by Crippen LogP contribution is 2.38. The lowest BCUT2D eigenvalue weighted by molar-refractivity contribution is -0.0691. The van der Waals surface area contributed by atoms with Crippen molar-refractivity contribution in [1.82, 2.24) is 0 Å². The van der Waals surface area contributed by atoms with Crippen molar-refractivity contribution in [2.24, 2.45) is 0 Å². The number of carbonyl (C=O) groups is 2. The van der Waals surface area contributed by atoms with Gasteiger partial charge in [-0.3, -0.25) is 0 Å². The molecule has 0 aliphatic carbocycles. The molecule has 4 aromatic carbocycles. The van der Waals surface area contributed by atoms with E-state index in [1.165, 1.54) is 20.9 Å². The minimum atomic E-state index is -0.500. The minimum absolute atomic E-state index is 0.180. The van der Waals surface area contributed by atoms with Crippen LogP contribution in [0.1, 0.15) is 118 Å². The van der Waals surface area contributed by atoms with Gasteiger partial charge in [0.05, 0.1) is 36.5 Å². The van der Waals surface area contributed by atoms with E-state index in [4.69, 9.17) is 28.4 Å². The van der Waals surface area contributed by atoms with Gasteiger partial charge in [-0.1, -0.05) is 60.7 Å². The van der Waals surface area contributed by atoms with Gasteiger partial charge in [0.1, 0.15) is 34.6 Å². The summed E-state index contributed by atoms with van der Waals surface area (Å²) in [6.07, 6.45) is 9.48. The molecule has 2 aliphatic heterocycles. The maximum Gasteiger partial charge on any atom is 0.343 e. The Labute approximate surface area is 360 Å². The highest BCUT2D eigenvalue weighted by Gasteiger charge is 2.34. The summed E-state index contributed by atoms with van der Waals surface area (Å²) in [4.78, 5) is 29.2. The molecule has 60 heavy (non-hydrogen) atoms. The smallest absolute Gasteiger partial charge is 0.343 e. The van der Waals surface area contributed by atoms with Gasteiger partial charge in [-0.05, 0) is 157 Å². The van der Waals surface area contributed by atoms with Crippen LogP contribution in [0.2, 0.25) is 0 Å². The molecule has 1 unspecified atom stereocenters. The van der Waals surface area contributed by atoms with E-state index in [1.54, 1.807) is 48.5 Å². The molecule has 0 radical (unpaired) electrons. The number of fused-ring (bicyclic) bond motifs is 1. The molecule has 9 heteroatoms. The molecule has 318 valence electrons. The topological polar surface area (TPSA) is 92.8 Å². The molecule has 1 fully saturated rings. The molecular weight excluding hydrogens is 773 g/mol. The molecule has 1 atom stereocenters. The summed E-state index contributed by atoms with van der Waals surface area (Å²) in [5.41, 5.74) is 3.97. The highest BCUT2D eigenvalue weighted by atomic mass is 32.2. The summed E-state index contributed by atoms with van der Waals surface area (Å²) < 4.78 is 35.4. The van der Waals surface area contributed by atoms with Crippen molar-refractivity contribution in [2.45, 2.75) is 122 Å². The van der Waals surface area contributed by atoms with Crippen LogP contribution in [0, 0.1) is 0 Å². The van der Waals surface area contributed by atoms with Crippen molar-refractivity contribution in [2.75, 3.05) is 19.8 Å². The predicted molar refractivity (Wildman–Crippen MR) is 239 cm³/mol. The maximum atomic E-state index is 13.5. The highest BCUT2D eigenvalue weighted by molar-refractivity contribution is 8.03. The Hall–Kier alpha value is -4.83. The van der Waals surface area contributed by atoms with Gasteiger partial charge in [-0.2, -0.15) is 0 Å². The first kappa shape index (κ1) is 44.7. The van der Waals surface area contributed by atoms with E-state index in [0.717, 1.165) is 43.4 Å². The molecule has 8 nitrogen and oxygen atoms in total. The van der Waals surface area contributed by atoms with Crippen LogP contribution in [0.3, 0.4) is 0 Å². The molecule has 0 bridgehead atoms. The lowest BCUT2D eigenvalue weighted by Gasteiger charge is -2.35. The largest absolute Gasteiger partial charge is 0.488 e. The molecule has 1 saturated heterocycles. The van der Waals surface area contributed by atoms with E-state index in [9.17, 15) is 9.59 Å². The van der Waals surface area contributed by atoms with E-state index in [1.807, 2.05) is 64.6 Å². The van der Waals surface area contributed by atoms with Crippen LogP contribution in [0.15, 0.2) is 112 Å². The Morgan fingerprint density at radius 3 is 2.15 bits per heavy atom. The van der Waals surface area contributed by atoms with Crippen molar-refractivity contribution in [3.63, 3.8) is 0 Å². The zero-order valence-corrected chi connectivity index (χ0v) is 37.2. The minimum Gasteiger partial charge on any atom is -0.488 e. The molecule has 0 saturated carbocycles. The molecule has 6 rings (SSSR count). The molecule has 2 heterocycles. The number of allylic oxidation sites excluding steroid dienone is 3. The molecular formula is C51H60O8S. The van der Waals surface area contributed by atoms with E-state index in [0.29, 0.717) is 47.8 Å². The van der Waals surface area contributed by atoms with Crippen molar-refractivity contribution in [3.8, 4) is 17.2 Å². The summed E-state index contributed by atoms with van der Waals surface area (Å²) in [7, 11) is 0. The number of epoxide rings is 1. The van der Waals surface area contributed by atoms with Crippen molar-refractivity contribution in [1.29, 1.82) is 0 Å². The normalized spacial score (nSPS) is 15.6. The number of ether oxygens (including phenoxy) is 6. The number of esters is 2. The lowest BCUT2D eigenvalue weighted by atomic mass is 9.92. The SMILES string of the molecule is CC/C(=C/c1cc(CCOC(=O)c2ccc(OC(C)(C)CC(C)(C)OCC3CO3)cc2)ccc1OC(=O)c1ccc(OC(C)(C)C)cc1)CC1=CCCc2ccccc2S1. The summed E-state index contributed by atoms with van der Waals surface area (Å²) in [5.74, 6) is 0.939. The monoisotopic (exact) mass is 832 g/mol. The van der Waals surface area contributed by atoms with Crippen LogP contribution in [-0.4, -0.2) is 54.7 Å². The van der Waals surface area contributed by atoms with Crippen molar-refractivity contribution >= 4 is 29.8 Å². The molecule has 0 aromatic heterocycles. The Bertz CT molecular complexity index is 2150. The Morgan fingerprint density at radius 1 is 0.817 bits per heavy atom. The standard InChI is InChI=1S/C51H60O8S/c1-9-35(31-44-15-12-14-37-13-10-11-16-46(37)60-44)29-40-30-36(17-26-45(40)57-48(53)39-20-22-41(23-21-39)58-49(2,3)4)27-28-54-47(52)38-18-24-42(25-19-38)59-51(7,8)34-50(5,6)56-33-43-32-55-43/h10-11,13,15-26,29-30,43H,9,12,14,27-28,31-34H2,1-8H3/b35-29-. The average Bonchev–Trinajstić information content (AvgIpc) is 4.04. The summed E-state index contributed by atoms with van der Waals surface area (Å²) in [6.45, 7) is 17.8. The van der Waals surface area contributed by atoms with Gasteiger partial charge in [0, 0.05) is 23.3 Å². The van der Waals surface area contributed by atoms with Crippen molar-refractivity contribution in [3.05, 3.63) is 135 Å². The number of hydrogen-bond donors (Lipinski definition) is 0.